The van der Waals surface area contributed by atoms with Crippen LogP contribution >= 0.6 is 0 Å². The van der Waals surface area contributed by atoms with Crippen LogP contribution in [0.15, 0.2) is 65.2 Å². The zero-order chi connectivity index (χ0) is 24.8. The van der Waals surface area contributed by atoms with E-state index in [1.54, 1.807) is 0 Å². The average Bonchev–Trinajstić information content (AvgIpc) is 3.19. The van der Waals surface area contributed by atoms with Crippen LogP contribution in [0.4, 0.5) is 0 Å². The molecule has 5 aromatic rings. The van der Waals surface area contributed by atoms with Crippen molar-refractivity contribution in [2.45, 2.75) is 77.6 Å². The van der Waals surface area contributed by atoms with Gasteiger partial charge in [-0.3, -0.25) is 4.98 Å². The van der Waals surface area contributed by atoms with Gasteiger partial charge >= 0.3 is 0 Å². The third-order valence-electron chi connectivity index (χ3n) is 8.28. The Labute approximate surface area is 208 Å². The molecule has 2 heteroatoms. The first-order valence-electron chi connectivity index (χ1n) is 12.9. The molecule has 178 valence electrons. The molecule has 6 rings (SSSR count). The Kier molecular flexibility index (Phi) is 4.59. The number of furan rings is 1. The highest BCUT2D eigenvalue weighted by molar-refractivity contribution is 6.13. The average molecular weight is 462 g/mol. The van der Waals surface area contributed by atoms with Crippen LogP contribution in [0.2, 0.25) is 0 Å². The SMILES string of the molecule is CC(C)(C)c1cc(-c2nccc3oc4c5c(ccc4c23)C(C)(C)CCC5(C)C)cc2ccccc12. The van der Waals surface area contributed by atoms with E-state index >= 15 is 0 Å². The van der Waals surface area contributed by atoms with Gasteiger partial charge in [0.15, 0.2) is 0 Å². The molecule has 1 aliphatic carbocycles. The van der Waals surface area contributed by atoms with Crippen molar-refractivity contribution in [2.75, 3.05) is 0 Å². The summed E-state index contributed by atoms with van der Waals surface area (Å²) in [6, 6.07) is 20.0. The molecule has 2 heterocycles. The van der Waals surface area contributed by atoms with Crippen LogP contribution in [0.25, 0.3) is 44.0 Å². The molecule has 0 N–H and O–H groups in total. The number of rotatable bonds is 1. The molecule has 2 nitrogen and oxygen atoms in total. The molecule has 0 atom stereocenters. The van der Waals surface area contributed by atoms with E-state index in [1.807, 2.05) is 12.3 Å². The van der Waals surface area contributed by atoms with Gasteiger partial charge in [0.05, 0.1) is 11.1 Å². The Morgan fingerprint density at radius 1 is 0.829 bits per heavy atom. The van der Waals surface area contributed by atoms with Gasteiger partial charge in [0.25, 0.3) is 0 Å². The molecule has 0 bridgehead atoms. The second-order valence-electron chi connectivity index (χ2n) is 12.8. The molecule has 0 unspecified atom stereocenters. The molecule has 0 spiro atoms. The third kappa shape index (κ3) is 3.33. The number of pyridine rings is 1. The van der Waals surface area contributed by atoms with Crippen LogP contribution in [0.1, 0.15) is 78.0 Å². The Hall–Kier alpha value is -3.13. The molecular formula is C33H35NO. The molecule has 0 fully saturated rings. The second kappa shape index (κ2) is 7.20. The number of aromatic nitrogens is 1. The summed E-state index contributed by atoms with van der Waals surface area (Å²) in [7, 11) is 0. The van der Waals surface area contributed by atoms with Crippen LogP contribution in [0.5, 0.6) is 0 Å². The van der Waals surface area contributed by atoms with Crippen molar-refractivity contribution in [2.24, 2.45) is 0 Å². The van der Waals surface area contributed by atoms with Gasteiger partial charge in [-0.15, -0.1) is 0 Å². The summed E-state index contributed by atoms with van der Waals surface area (Å²) >= 11 is 0. The number of benzene rings is 3. The fraction of sp³-hybridized carbons (Fsp3) is 0.364. The van der Waals surface area contributed by atoms with Gasteiger partial charge < -0.3 is 4.42 Å². The fourth-order valence-electron chi connectivity index (χ4n) is 6.19. The van der Waals surface area contributed by atoms with Crippen LogP contribution < -0.4 is 0 Å². The van der Waals surface area contributed by atoms with Crippen molar-refractivity contribution in [1.82, 2.24) is 4.98 Å². The highest BCUT2D eigenvalue weighted by atomic mass is 16.3. The Bertz CT molecular complexity index is 1620. The summed E-state index contributed by atoms with van der Waals surface area (Å²) in [6.45, 7) is 16.3. The molecule has 1 aliphatic rings. The highest BCUT2D eigenvalue weighted by Crippen LogP contribution is 2.50. The van der Waals surface area contributed by atoms with E-state index in [9.17, 15) is 0 Å². The lowest BCUT2D eigenvalue weighted by Crippen LogP contribution is -2.33. The maximum atomic E-state index is 6.69. The molecule has 0 amide bonds. The minimum Gasteiger partial charge on any atom is -0.456 e. The molecule has 0 saturated heterocycles. The summed E-state index contributed by atoms with van der Waals surface area (Å²) in [6.07, 6.45) is 4.25. The summed E-state index contributed by atoms with van der Waals surface area (Å²) in [5.41, 5.74) is 8.52. The van der Waals surface area contributed by atoms with Gasteiger partial charge in [-0.1, -0.05) is 84.9 Å². The molecule has 2 aromatic heterocycles. The second-order valence-corrected chi connectivity index (χ2v) is 12.8. The van der Waals surface area contributed by atoms with Crippen molar-refractivity contribution in [3.8, 4) is 11.3 Å². The molecule has 0 radical (unpaired) electrons. The molecule has 0 aliphatic heterocycles. The molecule has 3 aromatic carbocycles. The minimum atomic E-state index is 0.0245. The van der Waals surface area contributed by atoms with Crippen molar-refractivity contribution >= 4 is 32.7 Å². The summed E-state index contributed by atoms with van der Waals surface area (Å²) in [5, 5.41) is 4.87. The maximum Gasteiger partial charge on any atom is 0.139 e. The van der Waals surface area contributed by atoms with Crippen molar-refractivity contribution in [1.29, 1.82) is 0 Å². The quantitative estimate of drug-likeness (QED) is 0.248. The third-order valence-corrected chi connectivity index (χ3v) is 8.28. The smallest absolute Gasteiger partial charge is 0.139 e. The molecule has 35 heavy (non-hydrogen) atoms. The first kappa shape index (κ1) is 22.3. The zero-order valence-corrected chi connectivity index (χ0v) is 22.0. The van der Waals surface area contributed by atoms with Gasteiger partial charge in [0.1, 0.15) is 11.2 Å². The summed E-state index contributed by atoms with van der Waals surface area (Å²) < 4.78 is 6.69. The lowest BCUT2D eigenvalue weighted by Gasteiger charge is -2.41. The topological polar surface area (TPSA) is 26.0 Å². The van der Waals surface area contributed by atoms with E-state index in [0.29, 0.717) is 0 Å². The lowest BCUT2D eigenvalue weighted by atomic mass is 9.63. The van der Waals surface area contributed by atoms with E-state index in [4.69, 9.17) is 9.40 Å². The van der Waals surface area contributed by atoms with Crippen molar-refractivity contribution in [3.63, 3.8) is 0 Å². The van der Waals surface area contributed by atoms with E-state index in [2.05, 4.69) is 97.0 Å². The Morgan fingerprint density at radius 2 is 1.57 bits per heavy atom. The normalized spacial score (nSPS) is 17.2. The van der Waals surface area contributed by atoms with E-state index < -0.39 is 0 Å². The van der Waals surface area contributed by atoms with Gasteiger partial charge in [-0.25, -0.2) is 0 Å². The zero-order valence-electron chi connectivity index (χ0n) is 22.0. The minimum absolute atomic E-state index is 0.0245. The largest absolute Gasteiger partial charge is 0.456 e. The Balaban J connectivity index is 1.70. The van der Waals surface area contributed by atoms with Crippen LogP contribution in [0, 0.1) is 0 Å². The number of fused-ring (bicyclic) bond motifs is 6. The van der Waals surface area contributed by atoms with Gasteiger partial charge in [-0.05, 0) is 69.2 Å². The predicted molar refractivity (Wildman–Crippen MR) is 148 cm³/mol. The van der Waals surface area contributed by atoms with E-state index in [0.717, 1.165) is 34.2 Å². The van der Waals surface area contributed by atoms with Crippen LogP contribution in [-0.4, -0.2) is 4.98 Å². The van der Waals surface area contributed by atoms with Gasteiger partial charge in [0, 0.05) is 22.7 Å². The van der Waals surface area contributed by atoms with Crippen LogP contribution in [0.3, 0.4) is 0 Å². The first-order valence-corrected chi connectivity index (χ1v) is 12.9. The number of hydrogen-bond donors (Lipinski definition) is 0. The monoisotopic (exact) mass is 461 g/mol. The Morgan fingerprint density at radius 3 is 2.34 bits per heavy atom. The molecule has 0 saturated carbocycles. The highest BCUT2D eigenvalue weighted by Gasteiger charge is 2.39. The first-order chi connectivity index (χ1) is 16.5. The van der Waals surface area contributed by atoms with Gasteiger partial charge in [-0.2, -0.15) is 0 Å². The van der Waals surface area contributed by atoms with Crippen molar-refractivity contribution < 1.29 is 4.42 Å². The fourth-order valence-corrected chi connectivity index (χ4v) is 6.19. The maximum absolute atomic E-state index is 6.69. The molecular weight excluding hydrogens is 426 g/mol. The standard InChI is InChI=1S/C33H35NO/c1-31(2,3)25-19-21(18-20-10-8-9-11-22(20)25)29-27-23-12-13-24-28(30(23)35-26(27)14-17-34-29)33(6,7)16-15-32(24,4)5/h8-14,17-19H,15-16H2,1-7H3. The number of hydrogen-bond acceptors (Lipinski definition) is 2. The van der Waals surface area contributed by atoms with E-state index in [1.165, 1.54) is 39.3 Å². The summed E-state index contributed by atoms with van der Waals surface area (Å²) in [5.74, 6) is 0. The predicted octanol–water partition coefficient (Wildman–Crippen LogP) is 9.45. The number of nitrogens with zero attached hydrogens (tertiary/aromatic N) is 1. The van der Waals surface area contributed by atoms with E-state index in [-0.39, 0.29) is 16.2 Å². The lowest BCUT2D eigenvalue weighted by molar-refractivity contribution is 0.331. The summed E-state index contributed by atoms with van der Waals surface area (Å²) in [4.78, 5) is 4.95. The van der Waals surface area contributed by atoms with Gasteiger partial charge in [0.2, 0.25) is 0 Å². The van der Waals surface area contributed by atoms with Crippen molar-refractivity contribution in [3.05, 3.63) is 77.5 Å². The van der Waals surface area contributed by atoms with Crippen LogP contribution in [-0.2, 0) is 16.2 Å².